The molecule has 0 saturated carbocycles. The lowest BCUT2D eigenvalue weighted by atomic mass is 9.95. The van der Waals surface area contributed by atoms with Crippen molar-refractivity contribution in [3.05, 3.63) is 161 Å². The van der Waals surface area contributed by atoms with E-state index in [0.717, 1.165) is 48.7 Å². The summed E-state index contributed by atoms with van der Waals surface area (Å²) in [6, 6.07) is 47.9. The van der Waals surface area contributed by atoms with Crippen molar-refractivity contribution in [1.29, 1.82) is 0 Å². The van der Waals surface area contributed by atoms with Gasteiger partial charge in [-0.3, -0.25) is 0 Å². The number of nitrogens with zero attached hydrogens (tertiary/aromatic N) is 1. The van der Waals surface area contributed by atoms with E-state index in [9.17, 15) is 0 Å². The van der Waals surface area contributed by atoms with E-state index in [4.69, 9.17) is 9.47 Å². The molecule has 2 fully saturated rings. The molecule has 5 aromatic rings. The number of rotatable bonds is 10. The molecule has 0 amide bonds. The zero-order valence-electron chi connectivity index (χ0n) is 23.0. The van der Waals surface area contributed by atoms with Gasteiger partial charge in [-0.05, 0) is 75.9 Å². The highest BCUT2D eigenvalue weighted by Gasteiger charge is 2.24. The van der Waals surface area contributed by atoms with Crippen LogP contribution in [0.1, 0.15) is 27.8 Å². The van der Waals surface area contributed by atoms with Gasteiger partial charge in [-0.25, -0.2) is 0 Å². The van der Waals surface area contributed by atoms with Crippen molar-refractivity contribution in [2.45, 2.75) is 25.0 Å². The second kappa shape index (κ2) is 11.6. The van der Waals surface area contributed by atoms with Gasteiger partial charge in [-0.2, -0.15) is 0 Å². The number of epoxide rings is 2. The van der Waals surface area contributed by atoms with Crippen molar-refractivity contribution < 1.29 is 9.47 Å². The summed E-state index contributed by atoms with van der Waals surface area (Å²) in [5.74, 6) is 0. The topological polar surface area (TPSA) is 28.3 Å². The summed E-state index contributed by atoms with van der Waals surface area (Å²) < 4.78 is 10.9. The fourth-order valence-corrected chi connectivity index (χ4v) is 5.36. The molecule has 2 aliphatic heterocycles. The molecule has 7 rings (SSSR count). The Hall–Kier alpha value is -4.44. The highest BCUT2D eigenvalue weighted by atomic mass is 16.6. The van der Waals surface area contributed by atoms with E-state index in [2.05, 4.69) is 144 Å². The SMILES string of the molecule is C(=C(c1ccccc1)c1ccccc1)c1ccc(N(c2ccc(CC3CO3)cc2)c2ccc(CC3CO3)cc2)cc1. The van der Waals surface area contributed by atoms with Gasteiger partial charge in [0.1, 0.15) is 0 Å². The van der Waals surface area contributed by atoms with Crippen LogP contribution >= 0.6 is 0 Å². The van der Waals surface area contributed by atoms with Gasteiger partial charge in [-0.1, -0.05) is 97.1 Å². The van der Waals surface area contributed by atoms with Gasteiger partial charge in [0.2, 0.25) is 0 Å². The first-order valence-electron chi connectivity index (χ1n) is 14.4. The molecule has 0 N–H and O–H groups in total. The Labute approximate surface area is 242 Å². The maximum atomic E-state index is 5.44. The Kier molecular flexibility index (Phi) is 7.21. The average Bonchev–Trinajstić information content (AvgIpc) is 3.97. The van der Waals surface area contributed by atoms with Crippen molar-refractivity contribution in [3.63, 3.8) is 0 Å². The molecular formula is C38H33NO2. The van der Waals surface area contributed by atoms with Crippen LogP contribution in [-0.2, 0) is 22.3 Å². The summed E-state index contributed by atoms with van der Waals surface area (Å²) in [5, 5.41) is 0. The second-order valence-electron chi connectivity index (χ2n) is 10.9. The zero-order valence-corrected chi connectivity index (χ0v) is 23.0. The molecule has 2 aliphatic rings. The fourth-order valence-electron chi connectivity index (χ4n) is 5.36. The van der Waals surface area contributed by atoms with Gasteiger partial charge >= 0.3 is 0 Å². The zero-order chi connectivity index (χ0) is 27.4. The first-order chi connectivity index (χ1) is 20.3. The molecule has 41 heavy (non-hydrogen) atoms. The highest BCUT2D eigenvalue weighted by molar-refractivity contribution is 5.91. The number of hydrogen-bond donors (Lipinski definition) is 0. The molecule has 2 saturated heterocycles. The van der Waals surface area contributed by atoms with Gasteiger partial charge in [0.05, 0.1) is 25.4 Å². The Balaban J connectivity index is 1.22. The van der Waals surface area contributed by atoms with Crippen LogP contribution in [0.4, 0.5) is 17.1 Å². The summed E-state index contributed by atoms with van der Waals surface area (Å²) in [4.78, 5) is 2.33. The van der Waals surface area contributed by atoms with Crippen LogP contribution in [0.25, 0.3) is 11.6 Å². The van der Waals surface area contributed by atoms with Gasteiger partial charge in [-0.15, -0.1) is 0 Å². The van der Waals surface area contributed by atoms with Crippen molar-refractivity contribution in [2.75, 3.05) is 18.1 Å². The van der Waals surface area contributed by atoms with E-state index < -0.39 is 0 Å². The fraction of sp³-hybridized carbons (Fsp3) is 0.158. The highest BCUT2D eigenvalue weighted by Crippen LogP contribution is 2.36. The predicted molar refractivity (Wildman–Crippen MR) is 168 cm³/mol. The predicted octanol–water partition coefficient (Wildman–Crippen LogP) is 8.63. The molecule has 0 aromatic heterocycles. The Bertz CT molecular complexity index is 1500. The molecule has 2 unspecified atom stereocenters. The Morgan fingerprint density at radius 3 is 1.32 bits per heavy atom. The van der Waals surface area contributed by atoms with Crippen LogP contribution in [0.5, 0.6) is 0 Å². The van der Waals surface area contributed by atoms with Crippen LogP contribution in [0.15, 0.2) is 133 Å². The van der Waals surface area contributed by atoms with E-state index in [1.807, 2.05) is 0 Å². The van der Waals surface area contributed by atoms with E-state index in [1.165, 1.54) is 27.8 Å². The summed E-state index contributed by atoms with van der Waals surface area (Å²) in [7, 11) is 0. The molecule has 5 aromatic carbocycles. The monoisotopic (exact) mass is 535 g/mol. The van der Waals surface area contributed by atoms with Gasteiger partial charge in [0.25, 0.3) is 0 Å². The second-order valence-corrected chi connectivity index (χ2v) is 10.9. The number of hydrogen-bond acceptors (Lipinski definition) is 3. The lowest BCUT2D eigenvalue weighted by molar-refractivity contribution is 0.407. The smallest absolute Gasteiger partial charge is 0.0850 e. The third-order valence-corrected chi connectivity index (χ3v) is 7.75. The van der Waals surface area contributed by atoms with E-state index in [-0.39, 0.29) is 0 Å². The first kappa shape index (κ1) is 25.5. The van der Waals surface area contributed by atoms with E-state index in [1.54, 1.807) is 0 Å². The van der Waals surface area contributed by atoms with Crippen LogP contribution in [0.2, 0.25) is 0 Å². The van der Waals surface area contributed by atoms with E-state index in [0.29, 0.717) is 12.2 Å². The molecular weight excluding hydrogens is 502 g/mol. The first-order valence-corrected chi connectivity index (χ1v) is 14.4. The lowest BCUT2D eigenvalue weighted by Crippen LogP contribution is -2.10. The molecule has 0 spiro atoms. The van der Waals surface area contributed by atoms with Gasteiger partial charge in [0.15, 0.2) is 0 Å². The largest absolute Gasteiger partial charge is 0.373 e. The molecule has 2 atom stereocenters. The quantitative estimate of drug-likeness (QED) is 0.132. The van der Waals surface area contributed by atoms with Crippen LogP contribution in [-0.4, -0.2) is 25.4 Å². The average molecular weight is 536 g/mol. The summed E-state index contributed by atoms with van der Waals surface area (Å²) in [6.07, 6.45) is 5.01. The minimum atomic E-state index is 0.386. The van der Waals surface area contributed by atoms with Crippen LogP contribution < -0.4 is 4.90 Å². The third kappa shape index (κ3) is 6.33. The maximum absolute atomic E-state index is 5.44. The number of ether oxygens (including phenoxy) is 2. The number of benzene rings is 5. The number of anilines is 3. The molecule has 3 nitrogen and oxygen atoms in total. The molecule has 0 radical (unpaired) electrons. The third-order valence-electron chi connectivity index (χ3n) is 7.75. The van der Waals surface area contributed by atoms with Crippen molar-refractivity contribution in [1.82, 2.24) is 0 Å². The van der Waals surface area contributed by atoms with E-state index >= 15 is 0 Å². The minimum Gasteiger partial charge on any atom is -0.373 e. The maximum Gasteiger partial charge on any atom is 0.0850 e. The Morgan fingerprint density at radius 2 is 0.927 bits per heavy atom. The molecule has 2 heterocycles. The lowest BCUT2D eigenvalue weighted by Gasteiger charge is -2.26. The summed E-state index contributed by atoms with van der Waals surface area (Å²) in [5.41, 5.74) is 10.8. The normalized spacial score (nSPS) is 17.1. The van der Waals surface area contributed by atoms with Crippen LogP contribution in [0.3, 0.4) is 0 Å². The van der Waals surface area contributed by atoms with Gasteiger partial charge in [0, 0.05) is 29.9 Å². The minimum absolute atomic E-state index is 0.386. The summed E-state index contributed by atoms with van der Waals surface area (Å²) in [6.45, 7) is 1.76. The van der Waals surface area contributed by atoms with Crippen molar-refractivity contribution >= 4 is 28.7 Å². The molecule has 0 bridgehead atoms. The standard InChI is InChI=1S/C38H33NO2/c1-3-7-31(8-4-1)38(32-9-5-2-6-10-32)25-30-15-21-35(22-16-30)39(33-17-11-28(12-18-33)23-36-26-40-36)34-19-13-29(14-20-34)24-37-27-41-37/h1-22,25,36-37H,23-24,26-27H2. The molecule has 0 aliphatic carbocycles. The van der Waals surface area contributed by atoms with Gasteiger partial charge < -0.3 is 14.4 Å². The Morgan fingerprint density at radius 1 is 0.537 bits per heavy atom. The summed E-state index contributed by atoms with van der Waals surface area (Å²) >= 11 is 0. The van der Waals surface area contributed by atoms with Crippen molar-refractivity contribution in [2.24, 2.45) is 0 Å². The van der Waals surface area contributed by atoms with Crippen LogP contribution in [0, 0.1) is 0 Å². The molecule has 3 heteroatoms. The molecule has 202 valence electrons. The van der Waals surface area contributed by atoms with Crippen molar-refractivity contribution in [3.8, 4) is 0 Å².